The van der Waals surface area contributed by atoms with E-state index in [-0.39, 0.29) is 6.16 Å². The zero-order valence-electron chi connectivity index (χ0n) is 7.28. The fourth-order valence-corrected chi connectivity index (χ4v) is 3.04. The van der Waals surface area contributed by atoms with Crippen LogP contribution in [0.4, 0.5) is 0 Å². The summed E-state index contributed by atoms with van der Waals surface area (Å²) in [7, 11) is -4.86. The first kappa shape index (κ1) is 11.5. The van der Waals surface area contributed by atoms with Crippen LogP contribution in [0.25, 0.3) is 0 Å². The molecule has 1 unspecified atom stereocenters. The molecule has 2 N–H and O–H groups in total. The number of hydrogen-bond acceptors (Lipinski definition) is 4. The Labute approximate surface area is 83.3 Å². The molecule has 0 aliphatic heterocycles. The van der Waals surface area contributed by atoms with Gasteiger partial charge >= 0.3 is 7.68 Å². The van der Waals surface area contributed by atoms with Crippen LogP contribution in [-0.2, 0) is 9.13 Å². The first-order valence-corrected chi connectivity index (χ1v) is 6.63. The standard InChI is InChI=1S/C8H10O4P2/c9-13(10)6-8(14(11)12)7-4-2-1-3-5-7/h1-5,8,11-12H,6H2. The molecule has 0 aliphatic carbocycles. The Kier molecular flexibility index (Phi) is 4.43. The predicted molar refractivity (Wildman–Crippen MR) is 53.7 cm³/mol. The summed E-state index contributed by atoms with van der Waals surface area (Å²) < 4.78 is 21.0. The van der Waals surface area contributed by atoms with Gasteiger partial charge < -0.3 is 9.79 Å². The van der Waals surface area contributed by atoms with Gasteiger partial charge in [-0.15, -0.1) is 0 Å². The maximum absolute atomic E-state index is 10.5. The average Bonchev–Trinajstić information content (AvgIpc) is 2.15. The van der Waals surface area contributed by atoms with Crippen LogP contribution >= 0.6 is 16.1 Å². The highest BCUT2D eigenvalue weighted by Gasteiger charge is 2.21. The highest BCUT2D eigenvalue weighted by molar-refractivity contribution is 7.46. The van der Waals surface area contributed by atoms with Crippen molar-refractivity contribution in [3.05, 3.63) is 35.9 Å². The molecule has 0 bridgehead atoms. The summed E-state index contributed by atoms with van der Waals surface area (Å²) in [5.41, 5.74) is -0.0601. The summed E-state index contributed by atoms with van der Waals surface area (Å²) in [6.07, 6.45) is -0.224. The molecule has 14 heavy (non-hydrogen) atoms. The summed E-state index contributed by atoms with van der Waals surface area (Å²) in [6, 6.07) is 8.63. The lowest BCUT2D eigenvalue weighted by Crippen LogP contribution is -1.98. The summed E-state index contributed by atoms with van der Waals surface area (Å²) in [4.78, 5) is 18.1. The normalized spacial score (nSPS) is 12.8. The van der Waals surface area contributed by atoms with Crippen molar-refractivity contribution < 1.29 is 18.9 Å². The predicted octanol–water partition coefficient (Wildman–Crippen LogP) is 2.20. The molecular formula is C8H10O4P2. The van der Waals surface area contributed by atoms with Gasteiger partial charge in [0.25, 0.3) is 0 Å². The lowest BCUT2D eigenvalue weighted by atomic mass is 10.2. The van der Waals surface area contributed by atoms with Crippen LogP contribution in [0, 0.1) is 0 Å². The van der Waals surface area contributed by atoms with Crippen molar-refractivity contribution in [1.82, 2.24) is 0 Å². The molecule has 0 aromatic heterocycles. The van der Waals surface area contributed by atoms with Crippen LogP contribution in [0.5, 0.6) is 0 Å². The Balaban J connectivity index is 2.89. The van der Waals surface area contributed by atoms with Gasteiger partial charge in [0.15, 0.2) is 8.38 Å². The van der Waals surface area contributed by atoms with Crippen molar-refractivity contribution in [2.75, 3.05) is 6.16 Å². The molecule has 6 heteroatoms. The van der Waals surface area contributed by atoms with Crippen molar-refractivity contribution in [3.63, 3.8) is 0 Å². The second-order valence-corrected chi connectivity index (χ2v) is 5.06. The van der Waals surface area contributed by atoms with E-state index in [0.717, 1.165) is 0 Å². The molecule has 0 spiro atoms. The second kappa shape index (κ2) is 5.38. The van der Waals surface area contributed by atoms with Gasteiger partial charge in [0.05, 0.1) is 11.8 Å². The zero-order chi connectivity index (χ0) is 10.6. The quantitative estimate of drug-likeness (QED) is 0.780. The largest absolute Gasteiger partial charge is 0.350 e. The molecule has 0 aliphatic rings. The molecule has 76 valence electrons. The monoisotopic (exact) mass is 232 g/mol. The van der Waals surface area contributed by atoms with Crippen LogP contribution in [0.15, 0.2) is 30.3 Å². The highest BCUT2D eigenvalue weighted by atomic mass is 31.2. The van der Waals surface area contributed by atoms with E-state index in [2.05, 4.69) is 0 Å². The SMILES string of the molecule is O=P(=O)CC(c1ccccc1)P(O)O. The first-order chi connectivity index (χ1) is 6.61. The molecule has 0 heterocycles. The number of hydrogen-bond donors (Lipinski definition) is 2. The van der Waals surface area contributed by atoms with Crippen molar-refractivity contribution in [1.29, 1.82) is 0 Å². The lowest BCUT2D eigenvalue weighted by molar-refractivity contribution is 0.466. The maximum Gasteiger partial charge on any atom is 0.316 e. The summed E-state index contributed by atoms with van der Waals surface area (Å²) in [5.74, 6) is 0. The van der Waals surface area contributed by atoms with E-state index in [9.17, 15) is 9.13 Å². The van der Waals surface area contributed by atoms with Gasteiger partial charge in [-0.05, 0) is 5.56 Å². The molecule has 1 rings (SSSR count). The minimum absolute atomic E-state index is 0.224. The van der Waals surface area contributed by atoms with Gasteiger partial charge in [-0.25, -0.2) is 9.13 Å². The van der Waals surface area contributed by atoms with E-state index >= 15 is 0 Å². The first-order valence-electron chi connectivity index (χ1n) is 3.95. The van der Waals surface area contributed by atoms with Crippen molar-refractivity contribution in [2.24, 2.45) is 0 Å². The average molecular weight is 232 g/mol. The Bertz CT molecular complexity index is 340. The van der Waals surface area contributed by atoms with Crippen LogP contribution in [0.3, 0.4) is 0 Å². The van der Waals surface area contributed by atoms with Crippen LogP contribution in [-0.4, -0.2) is 15.9 Å². The van der Waals surface area contributed by atoms with Crippen molar-refractivity contribution in [3.8, 4) is 0 Å². The fourth-order valence-electron chi connectivity index (χ4n) is 1.13. The van der Waals surface area contributed by atoms with Crippen LogP contribution in [0.1, 0.15) is 11.2 Å². The third-order valence-corrected chi connectivity index (χ3v) is 3.77. The third-order valence-electron chi connectivity index (χ3n) is 1.79. The van der Waals surface area contributed by atoms with E-state index in [1.165, 1.54) is 0 Å². The molecule has 4 nitrogen and oxygen atoms in total. The molecule has 0 saturated heterocycles. The van der Waals surface area contributed by atoms with Crippen molar-refractivity contribution in [2.45, 2.75) is 5.66 Å². The maximum atomic E-state index is 10.5. The fraction of sp³-hybridized carbons (Fsp3) is 0.250. The molecule has 1 aromatic carbocycles. The van der Waals surface area contributed by atoms with Gasteiger partial charge in [-0.2, -0.15) is 0 Å². The molecule has 0 radical (unpaired) electrons. The lowest BCUT2D eigenvalue weighted by Gasteiger charge is -2.14. The van der Waals surface area contributed by atoms with E-state index < -0.39 is 21.7 Å². The summed E-state index contributed by atoms with van der Waals surface area (Å²) >= 11 is 0. The van der Waals surface area contributed by atoms with Crippen LogP contribution < -0.4 is 0 Å². The summed E-state index contributed by atoms with van der Waals surface area (Å²) in [5, 5.41) is 0. The zero-order valence-corrected chi connectivity index (χ0v) is 9.07. The highest BCUT2D eigenvalue weighted by Crippen LogP contribution is 2.46. The third kappa shape index (κ3) is 3.32. The van der Waals surface area contributed by atoms with Gasteiger partial charge in [-0.1, -0.05) is 30.3 Å². The Hall–Kier alpha value is -0.530. The van der Waals surface area contributed by atoms with E-state index in [4.69, 9.17) is 9.79 Å². The van der Waals surface area contributed by atoms with E-state index in [0.29, 0.717) is 5.56 Å². The van der Waals surface area contributed by atoms with Gasteiger partial charge in [0.1, 0.15) is 0 Å². The Morgan fingerprint density at radius 3 is 2.14 bits per heavy atom. The van der Waals surface area contributed by atoms with E-state index in [1.54, 1.807) is 30.3 Å². The molecule has 0 fully saturated rings. The van der Waals surface area contributed by atoms with Gasteiger partial charge in [-0.3, -0.25) is 0 Å². The van der Waals surface area contributed by atoms with Crippen LogP contribution in [0.2, 0.25) is 0 Å². The number of rotatable bonds is 4. The molecular weight excluding hydrogens is 222 g/mol. The summed E-state index contributed by atoms with van der Waals surface area (Å²) in [6.45, 7) is 0. The minimum Gasteiger partial charge on any atom is -0.350 e. The second-order valence-electron chi connectivity index (χ2n) is 2.76. The molecule has 1 atom stereocenters. The van der Waals surface area contributed by atoms with E-state index in [1.807, 2.05) is 0 Å². The minimum atomic E-state index is -2.60. The molecule has 0 amide bonds. The number of benzene rings is 1. The smallest absolute Gasteiger partial charge is 0.316 e. The molecule has 1 aromatic rings. The topological polar surface area (TPSA) is 74.6 Å². The Morgan fingerprint density at radius 1 is 1.14 bits per heavy atom. The van der Waals surface area contributed by atoms with Gasteiger partial charge in [0, 0.05) is 0 Å². The van der Waals surface area contributed by atoms with Gasteiger partial charge in [0.2, 0.25) is 0 Å². The van der Waals surface area contributed by atoms with Crippen molar-refractivity contribution >= 4 is 16.1 Å². The molecule has 0 saturated carbocycles. The Morgan fingerprint density at radius 2 is 1.71 bits per heavy atom.